The minimum atomic E-state index is -0.794. The van der Waals surface area contributed by atoms with Gasteiger partial charge in [0, 0.05) is 48.6 Å². The van der Waals surface area contributed by atoms with Gasteiger partial charge in [0.25, 0.3) is 0 Å². The molecule has 2 fully saturated rings. The van der Waals surface area contributed by atoms with E-state index in [9.17, 15) is 14.4 Å². The fourth-order valence-electron chi connectivity index (χ4n) is 3.67. The van der Waals surface area contributed by atoms with Crippen molar-refractivity contribution in [3.63, 3.8) is 0 Å². The van der Waals surface area contributed by atoms with E-state index >= 15 is 0 Å². The van der Waals surface area contributed by atoms with Crippen molar-refractivity contribution in [2.75, 3.05) is 31.3 Å². The Labute approximate surface area is 179 Å². The van der Waals surface area contributed by atoms with Gasteiger partial charge in [0.15, 0.2) is 0 Å². The third-order valence-electron chi connectivity index (χ3n) is 5.51. The third-order valence-corrected chi connectivity index (χ3v) is 6.71. The molecule has 29 heavy (non-hydrogen) atoms. The smallest absolute Gasteiger partial charge is 0.306 e. The van der Waals surface area contributed by atoms with Crippen LogP contribution in [0.5, 0.6) is 0 Å². The largest absolute Gasteiger partial charge is 0.481 e. The normalized spacial score (nSPS) is 21.0. The lowest BCUT2D eigenvalue weighted by molar-refractivity contribution is -0.145. The summed E-state index contributed by atoms with van der Waals surface area (Å²) in [6.07, 6.45) is 1.22. The lowest BCUT2D eigenvalue weighted by Crippen LogP contribution is -2.44. The van der Waals surface area contributed by atoms with Gasteiger partial charge in [-0.3, -0.25) is 19.7 Å². The predicted octanol–water partition coefficient (Wildman–Crippen LogP) is 1.92. The average molecular weight is 440 g/mol. The van der Waals surface area contributed by atoms with E-state index in [1.807, 2.05) is 12.1 Å². The van der Waals surface area contributed by atoms with Gasteiger partial charge in [-0.25, -0.2) is 0 Å². The molecule has 2 heterocycles. The van der Waals surface area contributed by atoms with E-state index in [0.29, 0.717) is 37.5 Å². The van der Waals surface area contributed by atoms with Gasteiger partial charge in [0.2, 0.25) is 11.8 Å². The number of amides is 2. The number of thioether (sulfide) groups is 1. The number of hydrogen-bond donors (Lipinski definition) is 3. The number of carboxylic acids is 1. The Balaban J connectivity index is 1.61. The van der Waals surface area contributed by atoms with Gasteiger partial charge in [-0.2, -0.15) is 0 Å². The first-order chi connectivity index (χ1) is 13.9. The summed E-state index contributed by atoms with van der Waals surface area (Å²) in [5.74, 6) is 0.106. The van der Waals surface area contributed by atoms with Crippen LogP contribution in [0.4, 0.5) is 0 Å². The van der Waals surface area contributed by atoms with E-state index in [1.165, 1.54) is 0 Å². The summed E-state index contributed by atoms with van der Waals surface area (Å²) < 4.78 is 0. The molecule has 0 aliphatic carbocycles. The molecule has 1 aromatic carbocycles. The quantitative estimate of drug-likeness (QED) is 0.600. The number of likely N-dealkylation sites (tertiary alicyclic amines) is 1. The van der Waals surface area contributed by atoms with Crippen LogP contribution < -0.4 is 10.6 Å². The maximum atomic E-state index is 12.9. The summed E-state index contributed by atoms with van der Waals surface area (Å²) in [5, 5.41) is 15.9. The van der Waals surface area contributed by atoms with Crippen molar-refractivity contribution >= 4 is 41.1 Å². The number of benzene rings is 1. The fourth-order valence-corrected chi connectivity index (χ4v) is 4.74. The lowest BCUT2D eigenvalue weighted by atomic mass is 9.93. The maximum absolute atomic E-state index is 12.9. The van der Waals surface area contributed by atoms with Crippen molar-refractivity contribution in [3.05, 3.63) is 34.9 Å². The molecule has 0 spiro atoms. The van der Waals surface area contributed by atoms with Gasteiger partial charge in [-0.05, 0) is 30.5 Å². The molecule has 3 N–H and O–H groups in total. The van der Waals surface area contributed by atoms with E-state index in [0.717, 1.165) is 17.2 Å². The highest BCUT2D eigenvalue weighted by molar-refractivity contribution is 7.99. The number of carbonyl (C=O) groups excluding carboxylic acids is 2. The van der Waals surface area contributed by atoms with Gasteiger partial charge in [-0.15, -0.1) is 11.8 Å². The highest BCUT2D eigenvalue weighted by Gasteiger charge is 2.29. The SMILES string of the molecule is O=C(O)C1CCN(C(=O)C[C@@H](CNC(=O)[C@@H]2CSCN2)c2ccc(Cl)cc2)CC1. The summed E-state index contributed by atoms with van der Waals surface area (Å²) in [5.41, 5.74) is 0.942. The van der Waals surface area contributed by atoms with Crippen molar-refractivity contribution in [3.8, 4) is 0 Å². The molecule has 2 saturated heterocycles. The standard InChI is InChI=1S/C20H26ClN3O4S/c21-16-3-1-13(2-4-16)15(10-22-19(26)17-11-29-12-23-17)9-18(25)24-7-5-14(6-8-24)20(27)28/h1-4,14-15,17,23H,5-12H2,(H,22,26)(H,27,28)/t15-,17-/m0/s1. The molecule has 2 amide bonds. The molecule has 3 rings (SSSR count). The Hall–Kier alpha value is -1.77. The van der Waals surface area contributed by atoms with Crippen LogP contribution in [0, 0.1) is 5.92 Å². The highest BCUT2D eigenvalue weighted by atomic mass is 35.5. The molecule has 0 saturated carbocycles. The Bertz CT molecular complexity index is 732. The van der Waals surface area contributed by atoms with Gasteiger partial charge in [0.05, 0.1) is 12.0 Å². The van der Waals surface area contributed by atoms with Gasteiger partial charge >= 0.3 is 5.97 Å². The van der Waals surface area contributed by atoms with Crippen molar-refractivity contribution < 1.29 is 19.5 Å². The second-order valence-electron chi connectivity index (χ2n) is 7.46. The Morgan fingerprint density at radius 3 is 2.52 bits per heavy atom. The number of nitrogens with zero attached hydrogens (tertiary/aromatic N) is 1. The molecule has 1 aromatic rings. The van der Waals surface area contributed by atoms with E-state index in [1.54, 1.807) is 28.8 Å². The number of nitrogens with one attached hydrogen (secondary N) is 2. The second-order valence-corrected chi connectivity index (χ2v) is 8.93. The molecule has 0 unspecified atom stereocenters. The summed E-state index contributed by atoms with van der Waals surface area (Å²) >= 11 is 7.68. The Morgan fingerprint density at radius 2 is 1.93 bits per heavy atom. The van der Waals surface area contributed by atoms with Crippen LogP contribution in [0.15, 0.2) is 24.3 Å². The first kappa shape index (κ1) is 21.9. The molecule has 158 valence electrons. The van der Waals surface area contributed by atoms with Crippen LogP contribution >= 0.6 is 23.4 Å². The number of carboxylic acid groups (broad SMARTS) is 1. The first-order valence-electron chi connectivity index (χ1n) is 9.79. The number of piperidine rings is 1. The van der Waals surface area contributed by atoms with Gasteiger partial charge < -0.3 is 15.3 Å². The number of rotatable bonds is 7. The fraction of sp³-hybridized carbons (Fsp3) is 0.550. The minimum Gasteiger partial charge on any atom is -0.481 e. The number of aliphatic carboxylic acids is 1. The Kier molecular flexibility index (Phi) is 7.80. The summed E-state index contributed by atoms with van der Waals surface area (Å²) in [6, 6.07) is 7.13. The Morgan fingerprint density at radius 1 is 1.24 bits per heavy atom. The zero-order valence-corrected chi connectivity index (χ0v) is 17.7. The van der Waals surface area contributed by atoms with Crippen LogP contribution in [0.1, 0.15) is 30.7 Å². The molecule has 9 heteroatoms. The van der Waals surface area contributed by atoms with E-state index < -0.39 is 5.97 Å². The molecule has 0 bridgehead atoms. The van der Waals surface area contributed by atoms with Gasteiger partial charge in [-0.1, -0.05) is 23.7 Å². The van der Waals surface area contributed by atoms with Crippen molar-refractivity contribution in [2.45, 2.75) is 31.2 Å². The minimum absolute atomic E-state index is 0.0161. The molecule has 2 aliphatic heterocycles. The summed E-state index contributed by atoms with van der Waals surface area (Å²) in [6.45, 7) is 1.28. The molecule has 7 nitrogen and oxygen atoms in total. The van der Waals surface area contributed by atoms with E-state index in [4.69, 9.17) is 16.7 Å². The number of halogens is 1. The van der Waals surface area contributed by atoms with Crippen molar-refractivity contribution in [2.24, 2.45) is 5.92 Å². The van der Waals surface area contributed by atoms with E-state index in [2.05, 4.69) is 10.6 Å². The topological polar surface area (TPSA) is 98.7 Å². The van der Waals surface area contributed by atoms with Gasteiger partial charge in [0.1, 0.15) is 0 Å². The van der Waals surface area contributed by atoms with Crippen molar-refractivity contribution in [1.82, 2.24) is 15.5 Å². The molecule has 0 radical (unpaired) electrons. The summed E-state index contributed by atoms with van der Waals surface area (Å²) in [4.78, 5) is 38.1. The first-order valence-corrected chi connectivity index (χ1v) is 11.3. The van der Waals surface area contributed by atoms with Crippen LogP contribution in [-0.2, 0) is 14.4 Å². The van der Waals surface area contributed by atoms with Crippen LogP contribution in [0.2, 0.25) is 5.02 Å². The molecular weight excluding hydrogens is 414 g/mol. The molecule has 0 aromatic heterocycles. The zero-order valence-electron chi connectivity index (χ0n) is 16.1. The summed E-state index contributed by atoms with van der Waals surface area (Å²) in [7, 11) is 0. The predicted molar refractivity (Wildman–Crippen MR) is 113 cm³/mol. The third kappa shape index (κ3) is 6.10. The van der Waals surface area contributed by atoms with Crippen molar-refractivity contribution in [1.29, 1.82) is 0 Å². The average Bonchev–Trinajstić information content (AvgIpc) is 3.26. The maximum Gasteiger partial charge on any atom is 0.306 e. The van der Waals surface area contributed by atoms with E-state index in [-0.39, 0.29) is 36.1 Å². The monoisotopic (exact) mass is 439 g/mol. The highest BCUT2D eigenvalue weighted by Crippen LogP contribution is 2.25. The number of carbonyl (C=O) groups is 3. The van der Waals surface area contributed by atoms with Crippen LogP contribution in [0.3, 0.4) is 0 Å². The second kappa shape index (κ2) is 10.3. The lowest BCUT2D eigenvalue weighted by Gasteiger charge is -2.31. The molecular formula is C20H26ClN3O4S. The van der Waals surface area contributed by atoms with Crippen LogP contribution in [0.25, 0.3) is 0 Å². The molecule has 2 aliphatic rings. The number of hydrogen-bond acceptors (Lipinski definition) is 5. The van der Waals surface area contributed by atoms with Crippen LogP contribution in [-0.4, -0.2) is 65.1 Å². The zero-order chi connectivity index (χ0) is 20.8. The molecule has 2 atom stereocenters.